The van der Waals surface area contributed by atoms with Gasteiger partial charge in [-0.15, -0.1) is 0 Å². The Morgan fingerprint density at radius 3 is 2.76 bits per heavy atom. The van der Waals surface area contributed by atoms with E-state index in [1.54, 1.807) is 0 Å². The summed E-state index contributed by atoms with van der Waals surface area (Å²) in [7, 11) is 2.20. The zero-order valence-electron chi connectivity index (χ0n) is 13.7. The Morgan fingerprint density at radius 2 is 2.19 bits per heavy atom. The van der Waals surface area contributed by atoms with Crippen LogP contribution in [-0.4, -0.2) is 49.8 Å². The topological polar surface area (TPSA) is 48.3 Å². The van der Waals surface area contributed by atoms with Crippen molar-refractivity contribution in [3.05, 3.63) is 0 Å². The fourth-order valence-electron chi connectivity index (χ4n) is 3.27. The molecular formula is C17H31N3O. The molecule has 0 bridgehead atoms. The zero-order valence-corrected chi connectivity index (χ0v) is 13.7. The number of rotatable bonds is 9. The molecule has 1 N–H and O–H groups in total. The van der Waals surface area contributed by atoms with Gasteiger partial charge in [-0.25, -0.2) is 0 Å². The quantitative estimate of drug-likeness (QED) is 0.710. The predicted octanol–water partition coefficient (Wildman–Crippen LogP) is 2.55. The molecule has 2 atom stereocenters. The van der Waals surface area contributed by atoms with Crippen LogP contribution in [0.15, 0.2) is 0 Å². The first-order valence-corrected chi connectivity index (χ1v) is 8.62. The van der Waals surface area contributed by atoms with Gasteiger partial charge in [-0.3, -0.25) is 5.32 Å². The number of hydrogen-bond donors (Lipinski definition) is 1. The molecule has 21 heavy (non-hydrogen) atoms. The standard InChI is InChI=1S/C17H31N3O/c1-3-17(14-18,19-16-7-8-16)9-5-10-20(2)12-15-6-4-11-21-13-15/h15-16,19H,3-13H2,1-2H3. The van der Waals surface area contributed by atoms with Crippen molar-refractivity contribution >= 4 is 0 Å². The fourth-order valence-corrected chi connectivity index (χ4v) is 3.27. The van der Waals surface area contributed by atoms with E-state index in [1.165, 1.54) is 25.7 Å². The second-order valence-corrected chi connectivity index (χ2v) is 6.92. The van der Waals surface area contributed by atoms with Gasteiger partial charge in [0.15, 0.2) is 0 Å². The third-order valence-electron chi connectivity index (χ3n) is 4.84. The van der Waals surface area contributed by atoms with Crippen molar-refractivity contribution in [2.24, 2.45) is 5.92 Å². The monoisotopic (exact) mass is 293 g/mol. The van der Waals surface area contributed by atoms with Gasteiger partial charge in [0.1, 0.15) is 5.54 Å². The van der Waals surface area contributed by atoms with Gasteiger partial charge in [-0.05, 0) is 64.5 Å². The molecule has 2 fully saturated rings. The Morgan fingerprint density at radius 1 is 1.38 bits per heavy atom. The predicted molar refractivity (Wildman–Crippen MR) is 85.1 cm³/mol. The van der Waals surface area contributed by atoms with Gasteiger partial charge in [0.05, 0.1) is 12.7 Å². The van der Waals surface area contributed by atoms with Crippen LogP contribution in [0.2, 0.25) is 0 Å². The highest BCUT2D eigenvalue weighted by atomic mass is 16.5. The van der Waals surface area contributed by atoms with Crippen LogP contribution >= 0.6 is 0 Å². The van der Waals surface area contributed by atoms with Crippen LogP contribution in [-0.2, 0) is 4.74 Å². The maximum absolute atomic E-state index is 9.54. The van der Waals surface area contributed by atoms with Gasteiger partial charge in [0.25, 0.3) is 0 Å². The van der Waals surface area contributed by atoms with E-state index in [0.29, 0.717) is 12.0 Å². The fraction of sp³-hybridized carbons (Fsp3) is 0.941. The van der Waals surface area contributed by atoms with Gasteiger partial charge in [0.2, 0.25) is 0 Å². The SMILES string of the molecule is CCC(C#N)(CCCN(C)CC1CCCOC1)NC1CC1. The van der Waals surface area contributed by atoms with Crippen LogP contribution in [0.25, 0.3) is 0 Å². The van der Waals surface area contributed by atoms with E-state index in [2.05, 4.69) is 30.3 Å². The van der Waals surface area contributed by atoms with Crippen LogP contribution < -0.4 is 5.32 Å². The molecule has 2 rings (SSSR count). The summed E-state index contributed by atoms with van der Waals surface area (Å²) in [5.74, 6) is 0.695. The molecule has 1 saturated heterocycles. The molecule has 1 aliphatic carbocycles. The summed E-state index contributed by atoms with van der Waals surface area (Å²) in [5.41, 5.74) is -0.296. The third-order valence-corrected chi connectivity index (χ3v) is 4.84. The lowest BCUT2D eigenvalue weighted by molar-refractivity contribution is 0.0417. The van der Waals surface area contributed by atoms with Crippen LogP contribution in [0, 0.1) is 17.2 Å². The van der Waals surface area contributed by atoms with E-state index in [0.717, 1.165) is 45.6 Å². The van der Waals surface area contributed by atoms with Crippen molar-refractivity contribution in [2.45, 2.75) is 63.5 Å². The van der Waals surface area contributed by atoms with Gasteiger partial charge in [-0.1, -0.05) is 6.92 Å². The highest BCUT2D eigenvalue weighted by molar-refractivity contribution is 5.09. The van der Waals surface area contributed by atoms with E-state index in [4.69, 9.17) is 4.74 Å². The van der Waals surface area contributed by atoms with E-state index in [-0.39, 0.29) is 5.54 Å². The first kappa shape index (κ1) is 16.7. The average molecular weight is 293 g/mol. The molecular weight excluding hydrogens is 262 g/mol. The molecule has 0 aromatic rings. The molecule has 0 aromatic heterocycles. The van der Waals surface area contributed by atoms with Crippen LogP contribution in [0.1, 0.15) is 51.9 Å². The lowest BCUT2D eigenvalue weighted by Gasteiger charge is -2.29. The molecule has 0 amide bonds. The van der Waals surface area contributed by atoms with Crippen molar-refractivity contribution < 1.29 is 4.74 Å². The highest BCUT2D eigenvalue weighted by Gasteiger charge is 2.34. The second-order valence-electron chi connectivity index (χ2n) is 6.92. The van der Waals surface area contributed by atoms with E-state index in [1.807, 2.05) is 0 Å². The van der Waals surface area contributed by atoms with Crippen LogP contribution in [0.4, 0.5) is 0 Å². The maximum Gasteiger partial charge on any atom is 0.106 e. The normalized spacial score (nSPS) is 25.5. The van der Waals surface area contributed by atoms with Gasteiger partial charge in [-0.2, -0.15) is 5.26 Å². The summed E-state index contributed by atoms with van der Waals surface area (Å²) >= 11 is 0. The Bertz CT molecular complexity index is 344. The number of ether oxygens (including phenoxy) is 1. The molecule has 4 heteroatoms. The summed E-state index contributed by atoms with van der Waals surface area (Å²) < 4.78 is 5.55. The summed E-state index contributed by atoms with van der Waals surface area (Å²) in [5, 5.41) is 13.1. The summed E-state index contributed by atoms with van der Waals surface area (Å²) in [6, 6.07) is 3.14. The smallest absolute Gasteiger partial charge is 0.106 e. The summed E-state index contributed by atoms with van der Waals surface area (Å²) in [6.07, 6.45) is 7.94. The lowest BCUT2D eigenvalue weighted by Crippen LogP contribution is -2.45. The second kappa shape index (κ2) is 8.12. The molecule has 1 aliphatic heterocycles. The third kappa shape index (κ3) is 5.58. The van der Waals surface area contributed by atoms with Gasteiger partial charge < -0.3 is 9.64 Å². The molecule has 4 nitrogen and oxygen atoms in total. The molecule has 2 unspecified atom stereocenters. The molecule has 0 radical (unpaired) electrons. The largest absolute Gasteiger partial charge is 0.381 e. The Labute approximate surface area is 129 Å². The van der Waals surface area contributed by atoms with E-state index < -0.39 is 0 Å². The molecule has 0 aromatic carbocycles. The Balaban J connectivity index is 1.67. The first-order valence-electron chi connectivity index (χ1n) is 8.62. The highest BCUT2D eigenvalue weighted by Crippen LogP contribution is 2.26. The van der Waals surface area contributed by atoms with Crippen molar-refractivity contribution in [2.75, 3.05) is 33.4 Å². The van der Waals surface area contributed by atoms with Crippen LogP contribution in [0.3, 0.4) is 0 Å². The van der Waals surface area contributed by atoms with Crippen molar-refractivity contribution in [3.63, 3.8) is 0 Å². The number of hydrogen-bond acceptors (Lipinski definition) is 4. The number of nitriles is 1. The van der Waals surface area contributed by atoms with Crippen LogP contribution in [0.5, 0.6) is 0 Å². The zero-order chi connectivity index (χ0) is 15.1. The van der Waals surface area contributed by atoms with E-state index >= 15 is 0 Å². The van der Waals surface area contributed by atoms with Crippen molar-refractivity contribution in [1.82, 2.24) is 10.2 Å². The molecule has 2 aliphatic rings. The Hall–Kier alpha value is -0.630. The molecule has 1 saturated carbocycles. The minimum atomic E-state index is -0.296. The summed E-state index contributed by atoms with van der Waals surface area (Å²) in [4.78, 5) is 2.41. The molecule has 0 spiro atoms. The average Bonchev–Trinajstić information content (AvgIpc) is 3.31. The van der Waals surface area contributed by atoms with Gasteiger partial charge >= 0.3 is 0 Å². The number of nitrogens with zero attached hydrogens (tertiary/aromatic N) is 2. The maximum atomic E-state index is 9.54. The lowest BCUT2D eigenvalue weighted by atomic mass is 9.91. The van der Waals surface area contributed by atoms with Crippen molar-refractivity contribution in [1.29, 1.82) is 5.26 Å². The number of nitrogens with one attached hydrogen (secondary N) is 1. The molecule has 120 valence electrons. The minimum Gasteiger partial charge on any atom is -0.381 e. The minimum absolute atomic E-state index is 0.296. The first-order chi connectivity index (χ1) is 10.2. The Kier molecular flexibility index (Phi) is 6.47. The van der Waals surface area contributed by atoms with Gasteiger partial charge in [0, 0.05) is 19.2 Å². The van der Waals surface area contributed by atoms with Crippen molar-refractivity contribution in [3.8, 4) is 6.07 Å². The summed E-state index contributed by atoms with van der Waals surface area (Å²) in [6.45, 7) is 6.19. The van der Waals surface area contributed by atoms with E-state index in [9.17, 15) is 5.26 Å². The molecule has 1 heterocycles.